The van der Waals surface area contributed by atoms with Crippen LogP contribution in [0.4, 0.5) is 0 Å². The molecule has 0 rings (SSSR count). The molecule has 0 saturated heterocycles. The Morgan fingerprint density at radius 3 is 2.67 bits per heavy atom. The molecule has 0 fully saturated rings. The van der Waals surface area contributed by atoms with Gasteiger partial charge in [0, 0.05) is 6.08 Å². The SMILES string of the molecule is C=CC(=O)OCC=[Si](C)C=O.O. The first kappa shape index (κ1) is 13.5. The molecule has 12 heavy (non-hydrogen) atoms. The molecule has 0 bridgehead atoms. The zero-order chi connectivity index (χ0) is 8.69. The van der Waals surface area contributed by atoms with Gasteiger partial charge < -0.3 is 15.0 Å². The third-order valence-corrected chi connectivity index (χ3v) is 2.17. The highest BCUT2D eigenvalue weighted by atomic mass is 28.2. The molecule has 0 aromatic carbocycles. The summed E-state index contributed by atoms with van der Waals surface area (Å²) < 4.78 is 4.62. The molecule has 0 atom stereocenters. The van der Waals surface area contributed by atoms with Crippen LogP contribution in [0.2, 0.25) is 6.55 Å². The van der Waals surface area contributed by atoms with Crippen LogP contribution in [0.1, 0.15) is 0 Å². The lowest BCUT2D eigenvalue weighted by molar-refractivity contribution is -0.135. The summed E-state index contributed by atoms with van der Waals surface area (Å²) in [6.45, 7) is 5.25. The average molecular weight is 188 g/mol. The van der Waals surface area contributed by atoms with E-state index in [1.54, 1.807) is 5.67 Å². The van der Waals surface area contributed by atoms with E-state index >= 15 is 0 Å². The van der Waals surface area contributed by atoms with Crippen molar-refractivity contribution in [2.24, 2.45) is 0 Å². The Bertz CT molecular complexity index is 198. The zero-order valence-electron chi connectivity index (χ0n) is 6.87. The molecule has 0 aliphatic heterocycles. The van der Waals surface area contributed by atoms with Crippen LogP contribution in [0, 0.1) is 0 Å². The normalized spacial score (nSPS) is 9.58. The van der Waals surface area contributed by atoms with Crippen LogP contribution in [-0.4, -0.2) is 38.0 Å². The summed E-state index contributed by atoms with van der Waals surface area (Å²) >= 11 is 0. The maximum atomic E-state index is 10.4. The van der Waals surface area contributed by atoms with Gasteiger partial charge in [0.2, 0.25) is 0 Å². The summed E-state index contributed by atoms with van der Waals surface area (Å²) in [7, 11) is -1.05. The fraction of sp³-hybridized carbons (Fsp3) is 0.286. The highest BCUT2D eigenvalue weighted by Crippen LogP contribution is 1.75. The van der Waals surface area contributed by atoms with Gasteiger partial charge in [-0.25, -0.2) is 4.79 Å². The van der Waals surface area contributed by atoms with E-state index in [-0.39, 0.29) is 12.1 Å². The van der Waals surface area contributed by atoms with E-state index < -0.39 is 14.4 Å². The molecule has 68 valence electrons. The fourth-order valence-corrected chi connectivity index (χ4v) is 0.805. The van der Waals surface area contributed by atoms with Crippen LogP contribution >= 0.6 is 0 Å². The average Bonchev–Trinajstić information content (AvgIpc) is 2.04. The van der Waals surface area contributed by atoms with Crippen molar-refractivity contribution in [2.45, 2.75) is 6.55 Å². The summed E-state index contributed by atoms with van der Waals surface area (Å²) in [4.78, 5) is 20.5. The predicted molar refractivity (Wildman–Crippen MR) is 49.2 cm³/mol. The van der Waals surface area contributed by atoms with Crippen molar-refractivity contribution in [2.75, 3.05) is 6.61 Å². The Morgan fingerprint density at radius 2 is 2.25 bits per heavy atom. The van der Waals surface area contributed by atoms with E-state index in [9.17, 15) is 9.59 Å². The minimum Gasteiger partial charge on any atom is -0.459 e. The second kappa shape index (κ2) is 8.03. The second-order valence-corrected chi connectivity index (χ2v) is 4.03. The molecule has 2 N–H and O–H groups in total. The van der Waals surface area contributed by atoms with Gasteiger partial charge in [0.15, 0.2) is 0 Å². The molecule has 0 unspecified atom stereocenters. The van der Waals surface area contributed by atoms with Crippen molar-refractivity contribution in [3.05, 3.63) is 12.7 Å². The van der Waals surface area contributed by atoms with Gasteiger partial charge in [-0.05, 0) is 6.55 Å². The summed E-state index contributed by atoms with van der Waals surface area (Å²) in [5.74, 6) is 0.425. The molecule has 0 saturated carbocycles. The van der Waals surface area contributed by atoms with Crippen LogP contribution in [0.3, 0.4) is 0 Å². The molecule has 0 aromatic heterocycles. The van der Waals surface area contributed by atoms with E-state index in [0.717, 1.165) is 12.0 Å². The van der Waals surface area contributed by atoms with Crippen LogP contribution in [0.15, 0.2) is 12.7 Å². The largest absolute Gasteiger partial charge is 0.459 e. The lowest BCUT2D eigenvalue weighted by Crippen LogP contribution is -2.09. The first-order valence-corrected chi connectivity index (χ1v) is 5.27. The van der Waals surface area contributed by atoms with E-state index in [4.69, 9.17) is 0 Å². The van der Waals surface area contributed by atoms with E-state index in [1.807, 2.05) is 6.55 Å². The number of esters is 1. The number of hydrogen-bond donors (Lipinski definition) is 0. The molecule has 0 radical (unpaired) electrons. The topological polar surface area (TPSA) is 74.9 Å². The third kappa shape index (κ3) is 7.04. The quantitative estimate of drug-likeness (QED) is 0.250. The van der Waals surface area contributed by atoms with Gasteiger partial charge >= 0.3 is 5.97 Å². The summed E-state index contributed by atoms with van der Waals surface area (Å²) in [5.41, 5.74) is 1.71. The Balaban J connectivity index is 0. The van der Waals surface area contributed by atoms with Crippen LogP contribution < -0.4 is 0 Å². The molecule has 0 aromatic rings. The summed E-state index contributed by atoms with van der Waals surface area (Å²) in [6, 6.07) is 0. The van der Waals surface area contributed by atoms with Crippen molar-refractivity contribution in [3.8, 4) is 0 Å². The van der Waals surface area contributed by atoms with Gasteiger partial charge in [-0.15, -0.1) is 0 Å². The standard InChI is InChI=1S/C7H10O3Si.H2O/c1-3-7(9)10-4-5-11(2)6-8;/h3,5-6H,1,4H2,2H3;1H2. The molecular weight excluding hydrogens is 176 g/mol. The van der Waals surface area contributed by atoms with E-state index in [1.165, 1.54) is 0 Å². The number of ether oxygens (including phenoxy) is 1. The van der Waals surface area contributed by atoms with Crippen molar-refractivity contribution < 1.29 is 19.8 Å². The second-order valence-electron chi connectivity index (χ2n) is 1.90. The molecule has 4 nitrogen and oxygen atoms in total. The fourth-order valence-electron chi connectivity index (χ4n) is 0.362. The number of rotatable bonds is 4. The zero-order valence-corrected chi connectivity index (χ0v) is 7.87. The molecule has 0 amide bonds. The molecule has 0 spiro atoms. The monoisotopic (exact) mass is 188 g/mol. The maximum Gasteiger partial charge on any atom is 0.330 e. The third-order valence-electron chi connectivity index (χ3n) is 0.983. The minimum absolute atomic E-state index is 0. The first-order valence-electron chi connectivity index (χ1n) is 3.12. The van der Waals surface area contributed by atoms with Crippen molar-refractivity contribution in [1.82, 2.24) is 0 Å². The number of carbonyl (C=O) groups is 2. The van der Waals surface area contributed by atoms with Crippen LogP contribution in [0.5, 0.6) is 0 Å². The van der Waals surface area contributed by atoms with Gasteiger partial charge in [0.05, 0.1) is 8.41 Å². The highest BCUT2D eigenvalue weighted by molar-refractivity contribution is 6.87. The Morgan fingerprint density at radius 1 is 1.67 bits per heavy atom. The molecule has 5 heteroatoms. The Kier molecular flexibility index (Phi) is 9.04. The van der Waals surface area contributed by atoms with Gasteiger partial charge in [-0.2, -0.15) is 0 Å². The summed E-state index contributed by atoms with van der Waals surface area (Å²) in [6.07, 6.45) is 1.09. The van der Waals surface area contributed by atoms with Gasteiger partial charge in [0.25, 0.3) is 0 Å². The molecule has 0 aliphatic rings. The van der Waals surface area contributed by atoms with Gasteiger partial charge in [-0.3, -0.25) is 0 Å². The highest BCUT2D eigenvalue weighted by Gasteiger charge is 1.91. The molecule has 0 aliphatic carbocycles. The van der Waals surface area contributed by atoms with Crippen LogP contribution in [0.25, 0.3) is 0 Å². The van der Waals surface area contributed by atoms with Crippen molar-refractivity contribution in [3.63, 3.8) is 0 Å². The molecule has 0 heterocycles. The van der Waals surface area contributed by atoms with Crippen molar-refractivity contribution >= 4 is 26.0 Å². The minimum atomic E-state index is -1.05. The smallest absolute Gasteiger partial charge is 0.330 e. The molecular formula is C7H12O4Si. The number of hydrogen-bond acceptors (Lipinski definition) is 3. The van der Waals surface area contributed by atoms with E-state index in [0.29, 0.717) is 0 Å². The number of carbonyl (C=O) groups excluding carboxylic acids is 2. The van der Waals surface area contributed by atoms with E-state index in [2.05, 4.69) is 11.3 Å². The lowest BCUT2D eigenvalue weighted by Gasteiger charge is -1.94. The van der Waals surface area contributed by atoms with Gasteiger partial charge in [-0.1, -0.05) is 12.3 Å². The van der Waals surface area contributed by atoms with Crippen molar-refractivity contribution in [1.29, 1.82) is 0 Å². The summed E-state index contributed by atoms with van der Waals surface area (Å²) in [5, 5.41) is 0. The van der Waals surface area contributed by atoms with Crippen LogP contribution in [-0.2, 0) is 14.3 Å². The Labute approximate surface area is 72.4 Å². The van der Waals surface area contributed by atoms with Gasteiger partial charge in [0.1, 0.15) is 12.5 Å². The predicted octanol–water partition coefficient (Wildman–Crippen LogP) is -0.829. The first-order chi connectivity index (χ1) is 5.20. The maximum absolute atomic E-state index is 10.4. The Hall–Kier alpha value is -1.07. The lowest BCUT2D eigenvalue weighted by atomic mass is 10.6.